The van der Waals surface area contributed by atoms with Crippen LogP contribution in [0, 0.1) is 11.4 Å². The van der Waals surface area contributed by atoms with Gasteiger partial charge in [-0.15, -0.1) is 14.6 Å². The van der Waals surface area contributed by atoms with Gasteiger partial charge in [0.05, 0.1) is 50.0 Å². The highest BCUT2D eigenvalue weighted by molar-refractivity contribution is 8.04. The number of rotatable bonds is 15. The predicted molar refractivity (Wildman–Crippen MR) is 185 cm³/mol. The molecule has 0 aliphatic heterocycles. The van der Waals surface area contributed by atoms with Gasteiger partial charge in [-0.1, -0.05) is 11.1 Å². The molecule has 0 amide bonds. The minimum atomic E-state index is -5.02. The van der Waals surface area contributed by atoms with Gasteiger partial charge in [0, 0.05) is 16.7 Å². The van der Waals surface area contributed by atoms with Crippen LogP contribution < -0.4 is 11.1 Å². The molecule has 52 heavy (non-hydrogen) atoms. The number of sulfone groups is 1. The van der Waals surface area contributed by atoms with Crippen molar-refractivity contribution in [1.29, 1.82) is 0 Å². The summed E-state index contributed by atoms with van der Waals surface area (Å²) in [5, 5.41) is 44.6. The number of benzene rings is 4. The lowest BCUT2D eigenvalue weighted by atomic mass is 10.1. The van der Waals surface area contributed by atoms with Crippen LogP contribution in [-0.2, 0) is 48.9 Å². The molecule has 0 heterocycles. The van der Waals surface area contributed by atoms with Crippen LogP contribution in [0.25, 0.3) is 10.8 Å². The van der Waals surface area contributed by atoms with E-state index in [4.69, 9.17) is 15.5 Å². The Morgan fingerprint density at radius 2 is 1.60 bits per heavy atom. The predicted octanol–water partition coefficient (Wildman–Crippen LogP) is 5.39. The van der Waals surface area contributed by atoms with Crippen molar-refractivity contribution in [1.82, 2.24) is 5.32 Å². The van der Waals surface area contributed by atoms with Crippen molar-refractivity contribution in [2.75, 3.05) is 25.1 Å². The Balaban J connectivity index is 1.76. The second-order valence-corrected chi connectivity index (χ2v) is 15.8. The van der Waals surface area contributed by atoms with Crippen molar-refractivity contribution in [2.45, 2.75) is 19.6 Å². The highest BCUT2D eigenvalue weighted by Crippen LogP contribution is 2.49. The Bertz CT molecular complexity index is 2420. The molecule has 0 fully saturated rings. The summed E-state index contributed by atoms with van der Waals surface area (Å²) in [7, 11) is -11.9. The molecule has 20 nitrogen and oxygen atoms in total. The fourth-order valence-corrected chi connectivity index (χ4v) is 7.14. The van der Waals surface area contributed by atoms with E-state index < -0.39 is 52.4 Å². The van der Waals surface area contributed by atoms with Crippen molar-refractivity contribution in [2.24, 2.45) is 20.5 Å². The molecule has 0 saturated heterocycles. The Morgan fingerprint density at radius 1 is 0.904 bits per heavy atom. The minimum Gasteiger partial charge on any atom is -0.505 e. The maximum Gasteiger partial charge on any atom is 0.433 e. The van der Waals surface area contributed by atoms with Gasteiger partial charge in [0.25, 0.3) is 10.1 Å². The van der Waals surface area contributed by atoms with E-state index in [1.807, 2.05) is 6.11 Å². The number of phenols is 1. The molecule has 25 heteroatoms. The highest BCUT2D eigenvalue weighted by atomic mass is 32.3. The number of thioether (sulfide) groups is 1. The number of hydrogen-bond acceptors (Lipinski definition) is 20. The third-order valence-corrected chi connectivity index (χ3v) is 10.4. The monoisotopic (exact) mass is 816 g/mol. The quantitative estimate of drug-likeness (QED) is 0.0128. The lowest BCUT2D eigenvalue weighted by molar-refractivity contribution is -0.432. The van der Waals surface area contributed by atoms with Crippen molar-refractivity contribution in [3.63, 3.8) is 0 Å². The SMILES string of the molecule is CNCCS(=O)(=O)c1ccc(N=Nc2c(S(=O)(=O)O)cc3cc(SOOO)c(N=Nc4cccc(SC#COOS(=O)(=O)O)c4)c(O)c3c2N)cc1. The number of phenolic OH excluding ortho intramolecular Hbond substituents is 1. The van der Waals surface area contributed by atoms with Crippen LogP contribution in [0.1, 0.15) is 0 Å². The Labute approximate surface area is 303 Å². The van der Waals surface area contributed by atoms with Crippen molar-refractivity contribution < 1.29 is 63.3 Å². The topological polar surface area (TPSA) is 308 Å². The maximum atomic E-state index is 12.5. The van der Waals surface area contributed by atoms with E-state index >= 15 is 0 Å². The first-order valence-corrected chi connectivity index (χ1v) is 19.7. The van der Waals surface area contributed by atoms with Gasteiger partial charge in [0.1, 0.15) is 16.3 Å². The fourth-order valence-electron chi connectivity index (χ4n) is 4.08. The molecular weight excluding hydrogens is 793 g/mol. The zero-order valence-corrected chi connectivity index (χ0v) is 30.0. The number of anilines is 1. The summed E-state index contributed by atoms with van der Waals surface area (Å²) >= 11 is 1.18. The van der Waals surface area contributed by atoms with Gasteiger partial charge < -0.3 is 16.2 Å². The third-order valence-electron chi connectivity index (χ3n) is 6.28. The second-order valence-electron chi connectivity index (χ2n) is 9.71. The molecule has 0 radical (unpaired) electrons. The van der Waals surface area contributed by atoms with Gasteiger partial charge in [0.15, 0.2) is 21.7 Å². The number of nitrogens with two attached hydrogens (primary N) is 1. The summed E-state index contributed by atoms with van der Waals surface area (Å²) in [6, 6.07) is 13.5. The van der Waals surface area contributed by atoms with Gasteiger partial charge in [-0.05, 0) is 83.1 Å². The highest BCUT2D eigenvalue weighted by Gasteiger charge is 2.25. The molecule has 4 aromatic carbocycles. The minimum absolute atomic E-state index is 0.0130. The van der Waals surface area contributed by atoms with Crippen LogP contribution in [0.5, 0.6) is 5.75 Å². The standard InChI is InChI=1S/C27H24N6O14S5/c1-29-9-12-50(36,37)20-7-5-17(6-8-20)30-33-26-22(51(38,39)40)14-16-13-21(49-46-45-35)25(27(34)23(16)24(26)28)32-31-18-3-2-4-19(15-18)48-11-10-44-47-52(41,42)43/h2-8,13-15,29,34-35H,9,12,28H2,1H3,(H,38,39,40)(H,41,42,43). The van der Waals surface area contributed by atoms with Crippen LogP contribution in [0.4, 0.5) is 28.4 Å². The molecule has 0 unspecified atom stereocenters. The summed E-state index contributed by atoms with van der Waals surface area (Å²) in [5.74, 6) is -0.832. The van der Waals surface area contributed by atoms with E-state index in [-0.39, 0.29) is 49.9 Å². The lowest BCUT2D eigenvalue weighted by Gasteiger charge is -2.14. The van der Waals surface area contributed by atoms with Crippen LogP contribution in [0.2, 0.25) is 0 Å². The summed E-state index contributed by atoms with van der Waals surface area (Å²) in [4.78, 5) is 3.61. The van der Waals surface area contributed by atoms with Gasteiger partial charge >= 0.3 is 10.4 Å². The first-order valence-electron chi connectivity index (χ1n) is 13.7. The van der Waals surface area contributed by atoms with Gasteiger partial charge in [-0.25, -0.2) is 13.7 Å². The average molecular weight is 817 g/mol. The molecule has 0 aliphatic carbocycles. The number of aromatic hydroxyl groups is 1. The number of nitrogen functional groups attached to an aromatic ring is 1. The summed E-state index contributed by atoms with van der Waals surface area (Å²) in [6.45, 7) is 0.224. The van der Waals surface area contributed by atoms with E-state index in [9.17, 15) is 34.9 Å². The number of nitrogens with zero attached hydrogens (tertiary/aromatic N) is 4. The van der Waals surface area contributed by atoms with E-state index in [0.29, 0.717) is 16.9 Å². The normalized spacial score (nSPS) is 12.4. The number of fused-ring (bicyclic) bond motifs is 1. The molecule has 0 atom stereocenters. The molecule has 0 saturated carbocycles. The van der Waals surface area contributed by atoms with E-state index in [1.165, 1.54) is 42.5 Å². The lowest BCUT2D eigenvalue weighted by Crippen LogP contribution is -2.19. The van der Waals surface area contributed by atoms with E-state index in [2.05, 4.69) is 49.6 Å². The summed E-state index contributed by atoms with van der Waals surface area (Å²) in [6.07, 6.45) is 1.89. The van der Waals surface area contributed by atoms with Gasteiger partial charge in [-0.2, -0.15) is 27.1 Å². The molecule has 276 valence electrons. The smallest absolute Gasteiger partial charge is 0.433 e. The van der Waals surface area contributed by atoms with Crippen LogP contribution >= 0.6 is 23.8 Å². The molecule has 0 bridgehead atoms. The molecule has 0 aromatic heterocycles. The zero-order chi connectivity index (χ0) is 38.1. The molecule has 7 N–H and O–H groups in total. The van der Waals surface area contributed by atoms with Crippen LogP contribution in [0.3, 0.4) is 0 Å². The second kappa shape index (κ2) is 17.4. The molecule has 4 aromatic rings. The van der Waals surface area contributed by atoms with Crippen molar-refractivity contribution >= 4 is 93.4 Å². The Kier molecular flexibility index (Phi) is 13.5. The Hall–Kier alpha value is -4.43. The molecule has 0 spiro atoms. The first-order chi connectivity index (χ1) is 24.5. The Morgan fingerprint density at radius 3 is 2.25 bits per heavy atom. The summed E-state index contributed by atoms with van der Waals surface area (Å²) < 4.78 is 97.4. The fraction of sp³-hybridized carbons (Fsp3) is 0.111. The first kappa shape index (κ1) is 40.3. The molecule has 4 rings (SSSR count). The average Bonchev–Trinajstić information content (AvgIpc) is 3.08. The van der Waals surface area contributed by atoms with Crippen LogP contribution in [-0.4, -0.2) is 64.1 Å². The van der Waals surface area contributed by atoms with Crippen molar-refractivity contribution in [3.8, 4) is 17.1 Å². The van der Waals surface area contributed by atoms with E-state index in [0.717, 1.165) is 17.8 Å². The van der Waals surface area contributed by atoms with Crippen molar-refractivity contribution in [3.05, 3.63) is 60.7 Å². The van der Waals surface area contributed by atoms with Crippen LogP contribution in [0.15, 0.2) is 101 Å². The number of hydrogen-bond donors (Lipinski definition) is 6. The van der Waals surface area contributed by atoms with E-state index in [1.54, 1.807) is 19.2 Å². The number of nitrogens with one attached hydrogen (secondary N) is 1. The largest absolute Gasteiger partial charge is 0.505 e. The maximum absolute atomic E-state index is 12.5. The van der Waals surface area contributed by atoms with Gasteiger partial charge in [-0.3, -0.25) is 14.0 Å². The summed E-state index contributed by atoms with van der Waals surface area (Å²) in [5.41, 5.74) is 5.24. The molecular formula is C27H24N6O14S5. The van der Waals surface area contributed by atoms with Gasteiger partial charge in [0.2, 0.25) is 0 Å². The molecule has 0 aliphatic rings. The number of azo groups is 2. The third kappa shape index (κ3) is 10.8. The zero-order valence-electron chi connectivity index (χ0n) is 26.0.